The highest BCUT2D eigenvalue weighted by Gasteiger charge is 2.09. The maximum atomic E-state index is 10.4. The molecule has 0 aliphatic heterocycles. The van der Waals surface area contributed by atoms with Crippen LogP contribution in [0.5, 0.6) is 0 Å². The summed E-state index contributed by atoms with van der Waals surface area (Å²) >= 11 is 0. The largest absolute Gasteiger partial charge is 0.298 e. The Morgan fingerprint density at radius 1 is 1.50 bits per heavy atom. The van der Waals surface area contributed by atoms with Crippen molar-refractivity contribution >= 4 is 12.1 Å². The van der Waals surface area contributed by atoms with Crippen molar-refractivity contribution in [1.82, 2.24) is 0 Å². The van der Waals surface area contributed by atoms with Crippen LogP contribution in [0.3, 0.4) is 0 Å². The Morgan fingerprint density at radius 2 is 2.25 bits per heavy atom. The van der Waals surface area contributed by atoms with E-state index in [0.29, 0.717) is 18.4 Å². The Labute approximate surface area is 47.2 Å². The molecule has 1 rings (SSSR count). The SMILES string of the molecule is O=CC1=CC(=O)CC1. The average Bonchev–Trinajstić information content (AvgIpc) is 2.14. The van der Waals surface area contributed by atoms with Crippen molar-refractivity contribution in [2.75, 3.05) is 0 Å². The van der Waals surface area contributed by atoms with E-state index < -0.39 is 0 Å². The van der Waals surface area contributed by atoms with Gasteiger partial charge in [-0.1, -0.05) is 0 Å². The number of hydrogen-bond acceptors (Lipinski definition) is 2. The fourth-order valence-corrected chi connectivity index (χ4v) is 0.712. The van der Waals surface area contributed by atoms with Gasteiger partial charge in [-0.2, -0.15) is 0 Å². The first-order valence-electron chi connectivity index (χ1n) is 2.51. The molecule has 0 saturated heterocycles. The Morgan fingerprint density at radius 3 is 2.50 bits per heavy atom. The molecule has 0 bridgehead atoms. The van der Waals surface area contributed by atoms with E-state index in [-0.39, 0.29) is 5.78 Å². The predicted molar refractivity (Wildman–Crippen MR) is 28.4 cm³/mol. The lowest BCUT2D eigenvalue weighted by molar-refractivity contribution is -0.114. The van der Waals surface area contributed by atoms with Crippen LogP contribution in [0.1, 0.15) is 12.8 Å². The Hall–Kier alpha value is -0.920. The van der Waals surface area contributed by atoms with Gasteiger partial charge in [0.05, 0.1) is 0 Å². The molecule has 0 aromatic heterocycles. The van der Waals surface area contributed by atoms with Gasteiger partial charge in [-0.3, -0.25) is 9.59 Å². The van der Waals surface area contributed by atoms with E-state index in [9.17, 15) is 9.59 Å². The van der Waals surface area contributed by atoms with E-state index in [1.54, 1.807) is 0 Å². The van der Waals surface area contributed by atoms with Crippen LogP contribution in [0.2, 0.25) is 0 Å². The summed E-state index contributed by atoms with van der Waals surface area (Å²) in [5.41, 5.74) is 0.634. The first kappa shape index (κ1) is 5.22. The second-order valence-electron chi connectivity index (χ2n) is 1.80. The predicted octanol–water partition coefficient (Wildman–Crippen LogP) is 0.475. The third kappa shape index (κ3) is 0.832. The molecule has 0 atom stereocenters. The number of carbonyl (C=O) groups is 2. The van der Waals surface area contributed by atoms with Crippen LogP contribution in [0.4, 0.5) is 0 Å². The van der Waals surface area contributed by atoms with E-state index in [1.165, 1.54) is 6.08 Å². The van der Waals surface area contributed by atoms with Gasteiger partial charge in [0.25, 0.3) is 0 Å². The van der Waals surface area contributed by atoms with Crippen LogP contribution in [-0.4, -0.2) is 12.1 Å². The van der Waals surface area contributed by atoms with Gasteiger partial charge in [-0.25, -0.2) is 0 Å². The molecule has 0 unspecified atom stereocenters. The van der Waals surface area contributed by atoms with E-state index in [4.69, 9.17) is 0 Å². The second kappa shape index (κ2) is 1.90. The van der Waals surface area contributed by atoms with E-state index in [1.807, 2.05) is 0 Å². The summed E-state index contributed by atoms with van der Waals surface area (Å²) in [5, 5.41) is 0. The van der Waals surface area contributed by atoms with Gasteiger partial charge in [0.2, 0.25) is 0 Å². The Kier molecular flexibility index (Phi) is 1.24. The van der Waals surface area contributed by atoms with Crippen molar-refractivity contribution in [3.63, 3.8) is 0 Å². The van der Waals surface area contributed by atoms with Gasteiger partial charge < -0.3 is 0 Å². The van der Waals surface area contributed by atoms with Crippen molar-refractivity contribution in [2.45, 2.75) is 12.8 Å². The number of allylic oxidation sites excluding steroid dienone is 2. The van der Waals surface area contributed by atoms with Gasteiger partial charge in [0.1, 0.15) is 6.29 Å². The normalized spacial score (nSPS) is 18.5. The van der Waals surface area contributed by atoms with Crippen LogP contribution >= 0.6 is 0 Å². The van der Waals surface area contributed by atoms with Crippen LogP contribution < -0.4 is 0 Å². The monoisotopic (exact) mass is 110 g/mol. The maximum Gasteiger partial charge on any atom is 0.156 e. The zero-order valence-corrected chi connectivity index (χ0v) is 4.39. The molecule has 0 amide bonds. The molecular formula is C6H6O2. The maximum absolute atomic E-state index is 10.4. The summed E-state index contributed by atoms with van der Waals surface area (Å²) in [6, 6.07) is 0. The average molecular weight is 110 g/mol. The third-order valence-electron chi connectivity index (χ3n) is 1.16. The molecule has 2 nitrogen and oxygen atoms in total. The zero-order valence-electron chi connectivity index (χ0n) is 4.39. The highest BCUT2D eigenvalue weighted by atomic mass is 16.1. The van der Waals surface area contributed by atoms with Gasteiger partial charge in [-0.15, -0.1) is 0 Å². The third-order valence-corrected chi connectivity index (χ3v) is 1.16. The lowest BCUT2D eigenvalue weighted by atomic mass is 10.3. The number of carbonyl (C=O) groups excluding carboxylic acids is 2. The van der Waals surface area contributed by atoms with Crippen molar-refractivity contribution in [2.24, 2.45) is 0 Å². The minimum absolute atomic E-state index is 0.0760. The number of rotatable bonds is 1. The van der Waals surface area contributed by atoms with Gasteiger partial charge in [-0.05, 0) is 18.1 Å². The fraction of sp³-hybridized carbons (Fsp3) is 0.333. The summed E-state index contributed by atoms with van der Waals surface area (Å²) in [4.78, 5) is 20.3. The molecule has 0 aromatic rings. The molecule has 2 heteroatoms. The summed E-state index contributed by atoms with van der Waals surface area (Å²) in [5.74, 6) is 0.0760. The van der Waals surface area contributed by atoms with Crippen LogP contribution in [0.15, 0.2) is 11.6 Å². The van der Waals surface area contributed by atoms with E-state index >= 15 is 0 Å². The molecule has 0 N–H and O–H groups in total. The van der Waals surface area contributed by atoms with E-state index in [2.05, 4.69) is 0 Å². The minimum atomic E-state index is 0.0760. The lowest BCUT2D eigenvalue weighted by Crippen LogP contribution is -1.80. The first-order chi connectivity index (χ1) is 3.83. The summed E-state index contributed by atoms with van der Waals surface area (Å²) in [6.07, 6.45) is 3.31. The summed E-state index contributed by atoms with van der Waals surface area (Å²) < 4.78 is 0. The fourth-order valence-electron chi connectivity index (χ4n) is 0.712. The molecule has 42 valence electrons. The van der Waals surface area contributed by atoms with Crippen molar-refractivity contribution in [3.8, 4) is 0 Å². The number of hydrogen-bond donors (Lipinski definition) is 0. The standard InChI is InChI=1S/C6H6O2/c7-4-5-1-2-6(8)3-5/h3-4H,1-2H2. The minimum Gasteiger partial charge on any atom is -0.298 e. The highest BCUT2D eigenvalue weighted by molar-refractivity contribution is 5.98. The van der Waals surface area contributed by atoms with Crippen LogP contribution in [-0.2, 0) is 9.59 Å². The van der Waals surface area contributed by atoms with E-state index in [0.717, 1.165) is 6.29 Å². The molecule has 1 aliphatic rings. The molecule has 0 saturated carbocycles. The van der Waals surface area contributed by atoms with Crippen molar-refractivity contribution < 1.29 is 9.59 Å². The lowest BCUT2D eigenvalue weighted by Gasteiger charge is -1.77. The topological polar surface area (TPSA) is 34.1 Å². The van der Waals surface area contributed by atoms with Crippen molar-refractivity contribution in [3.05, 3.63) is 11.6 Å². The smallest absolute Gasteiger partial charge is 0.156 e. The molecule has 0 radical (unpaired) electrons. The summed E-state index contributed by atoms with van der Waals surface area (Å²) in [7, 11) is 0. The molecule has 8 heavy (non-hydrogen) atoms. The van der Waals surface area contributed by atoms with Gasteiger partial charge in [0.15, 0.2) is 5.78 Å². The Balaban J connectivity index is 2.70. The quantitative estimate of drug-likeness (QED) is 0.460. The summed E-state index contributed by atoms with van der Waals surface area (Å²) in [6.45, 7) is 0. The van der Waals surface area contributed by atoms with Gasteiger partial charge >= 0.3 is 0 Å². The molecule has 0 fully saturated rings. The van der Waals surface area contributed by atoms with Crippen molar-refractivity contribution in [1.29, 1.82) is 0 Å². The van der Waals surface area contributed by atoms with Crippen LogP contribution in [0.25, 0.3) is 0 Å². The molecule has 0 spiro atoms. The first-order valence-corrected chi connectivity index (χ1v) is 2.51. The second-order valence-corrected chi connectivity index (χ2v) is 1.80. The van der Waals surface area contributed by atoms with Gasteiger partial charge in [0, 0.05) is 6.42 Å². The Bertz CT molecular complexity index is 156. The molecule has 0 heterocycles. The number of ketones is 1. The molecular weight excluding hydrogens is 104 g/mol. The zero-order chi connectivity index (χ0) is 5.98. The molecule has 1 aliphatic carbocycles. The number of aldehydes is 1. The highest BCUT2D eigenvalue weighted by Crippen LogP contribution is 2.11. The van der Waals surface area contributed by atoms with Crippen LogP contribution in [0, 0.1) is 0 Å². The molecule has 0 aromatic carbocycles.